The van der Waals surface area contributed by atoms with Crippen LogP contribution >= 0.6 is 0 Å². The maximum Gasteiger partial charge on any atom is 0.135 e. The molecule has 110 valence electrons. The first-order valence-electron chi connectivity index (χ1n) is 7.48. The van der Waals surface area contributed by atoms with Crippen LogP contribution in [0.3, 0.4) is 0 Å². The number of rotatable bonds is 3. The Hall–Kier alpha value is -2.54. The predicted molar refractivity (Wildman–Crippen MR) is 95.9 cm³/mol. The fraction of sp³-hybridized carbons (Fsp3) is 0.143. The topological polar surface area (TPSA) is 13.1 Å². The molecule has 1 heterocycles. The van der Waals surface area contributed by atoms with Crippen LogP contribution in [0.25, 0.3) is 27.5 Å². The zero-order chi connectivity index (χ0) is 15.7. The highest BCUT2D eigenvalue weighted by Gasteiger charge is 2.08. The minimum absolute atomic E-state index is 0.928. The third kappa shape index (κ3) is 2.75. The molecular formula is C21H20O. The Morgan fingerprint density at radius 3 is 2.36 bits per heavy atom. The average Bonchev–Trinajstić information content (AvgIpc) is 2.83. The molecule has 0 radical (unpaired) electrons. The minimum Gasteiger partial charge on any atom is -0.456 e. The number of hydrogen-bond donors (Lipinski definition) is 0. The average molecular weight is 288 g/mol. The molecule has 0 N–H and O–H groups in total. The molecule has 0 unspecified atom stereocenters. The van der Waals surface area contributed by atoms with Gasteiger partial charge in [0.25, 0.3) is 0 Å². The van der Waals surface area contributed by atoms with Gasteiger partial charge in [-0.3, -0.25) is 0 Å². The monoisotopic (exact) mass is 288 g/mol. The van der Waals surface area contributed by atoms with Gasteiger partial charge in [0.1, 0.15) is 11.2 Å². The Kier molecular flexibility index (Phi) is 3.72. The van der Waals surface area contributed by atoms with Crippen molar-refractivity contribution in [1.82, 2.24) is 0 Å². The number of hydrogen-bond acceptors (Lipinski definition) is 1. The van der Waals surface area contributed by atoms with Gasteiger partial charge in [0.2, 0.25) is 0 Å². The predicted octanol–water partition coefficient (Wildman–Crippen LogP) is 6.51. The Labute approximate surface area is 131 Å². The van der Waals surface area contributed by atoms with E-state index in [1.165, 1.54) is 16.7 Å². The normalized spacial score (nSPS) is 11.9. The number of furan rings is 1. The summed E-state index contributed by atoms with van der Waals surface area (Å²) in [5, 5.41) is 2.31. The molecule has 0 aliphatic heterocycles. The summed E-state index contributed by atoms with van der Waals surface area (Å²) < 4.78 is 5.90. The number of para-hydroxylation sites is 1. The molecule has 1 heteroatoms. The summed E-state index contributed by atoms with van der Waals surface area (Å²) in [6.07, 6.45) is 4.31. The maximum absolute atomic E-state index is 5.90. The second-order valence-electron chi connectivity index (χ2n) is 5.98. The molecule has 1 aromatic heterocycles. The van der Waals surface area contributed by atoms with Gasteiger partial charge < -0.3 is 4.42 Å². The van der Waals surface area contributed by atoms with Crippen LogP contribution in [0.4, 0.5) is 0 Å². The van der Waals surface area contributed by atoms with E-state index in [0.29, 0.717) is 0 Å². The van der Waals surface area contributed by atoms with Gasteiger partial charge in [-0.05, 0) is 50.1 Å². The van der Waals surface area contributed by atoms with Gasteiger partial charge in [-0.2, -0.15) is 0 Å². The van der Waals surface area contributed by atoms with Crippen LogP contribution in [-0.4, -0.2) is 0 Å². The molecule has 0 atom stereocenters. The van der Waals surface area contributed by atoms with E-state index in [1.807, 2.05) is 25.1 Å². The smallest absolute Gasteiger partial charge is 0.135 e. The van der Waals surface area contributed by atoms with Crippen LogP contribution in [-0.2, 0) is 0 Å². The zero-order valence-electron chi connectivity index (χ0n) is 13.3. The molecular weight excluding hydrogens is 268 g/mol. The Morgan fingerprint density at radius 1 is 0.909 bits per heavy atom. The highest BCUT2D eigenvalue weighted by atomic mass is 16.3. The summed E-state index contributed by atoms with van der Waals surface area (Å²) in [5.74, 6) is 0. The third-order valence-corrected chi connectivity index (χ3v) is 3.56. The van der Waals surface area contributed by atoms with E-state index in [4.69, 9.17) is 4.42 Å². The van der Waals surface area contributed by atoms with E-state index in [0.717, 1.165) is 27.5 Å². The van der Waals surface area contributed by atoms with Crippen LogP contribution < -0.4 is 0 Å². The summed E-state index contributed by atoms with van der Waals surface area (Å²) in [5.41, 5.74) is 6.54. The summed E-state index contributed by atoms with van der Waals surface area (Å²) in [6.45, 7) is 10.2. The molecule has 0 saturated heterocycles. The lowest BCUT2D eigenvalue weighted by atomic mass is 9.99. The van der Waals surface area contributed by atoms with E-state index in [1.54, 1.807) is 0 Å². The molecule has 1 nitrogen and oxygen atoms in total. The molecule has 22 heavy (non-hydrogen) atoms. The van der Waals surface area contributed by atoms with E-state index < -0.39 is 0 Å². The summed E-state index contributed by atoms with van der Waals surface area (Å²) in [6, 6.07) is 14.5. The van der Waals surface area contributed by atoms with Crippen molar-refractivity contribution in [1.29, 1.82) is 0 Å². The number of benzene rings is 2. The largest absolute Gasteiger partial charge is 0.456 e. The second kappa shape index (κ2) is 5.69. The van der Waals surface area contributed by atoms with Crippen molar-refractivity contribution in [3.05, 3.63) is 77.9 Å². The molecule has 0 bridgehead atoms. The summed E-state index contributed by atoms with van der Waals surface area (Å²) >= 11 is 0. The maximum atomic E-state index is 5.90. The fourth-order valence-corrected chi connectivity index (χ4v) is 2.69. The lowest BCUT2D eigenvalue weighted by Gasteiger charge is -2.05. The standard InChI is InChI=1S/C21H20O/c1-14(2)11-17(12-15(3)4)16-9-10-21-19(13-16)18-7-5-6-8-20(18)22-21/h5-13H,1H2,2-4H3/b17-11+. The Morgan fingerprint density at radius 2 is 1.64 bits per heavy atom. The van der Waals surface area contributed by atoms with Gasteiger partial charge in [-0.1, -0.05) is 54.1 Å². The molecule has 0 amide bonds. The van der Waals surface area contributed by atoms with E-state index >= 15 is 0 Å². The van der Waals surface area contributed by atoms with Crippen LogP contribution in [0, 0.1) is 0 Å². The van der Waals surface area contributed by atoms with Crippen molar-refractivity contribution in [2.75, 3.05) is 0 Å². The second-order valence-corrected chi connectivity index (χ2v) is 5.98. The Balaban J connectivity index is 2.24. The van der Waals surface area contributed by atoms with Crippen molar-refractivity contribution in [3.8, 4) is 0 Å². The number of allylic oxidation sites excluding steroid dienone is 5. The van der Waals surface area contributed by atoms with E-state index in [-0.39, 0.29) is 0 Å². The lowest BCUT2D eigenvalue weighted by molar-refractivity contribution is 0.669. The van der Waals surface area contributed by atoms with Crippen molar-refractivity contribution in [2.45, 2.75) is 20.8 Å². The first-order chi connectivity index (χ1) is 10.5. The molecule has 2 aromatic carbocycles. The van der Waals surface area contributed by atoms with Gasteiger partial charge in [-0.25, -0.2) is 0 Å². The van der Waals surface area contributed by atoms with Crippen molar-refractivity contribution < 1.29 is 4.42 Å². The van der Waals surface area contributed by atoms with Crippen LogP contribution in [0.2, 0.25) is 0 Å². The quantitative estimate of drug-likeness (QED) is 0.500. The van der Waals surface area contributed by atoms with Crippen molar-refractivity contribution in [2.24, 2.45) is 0 Å². The molecule has 0 aliphatic carbocycles. The van der Waals surface area contributed by atoms with Crippen molar-refractivity contribution >= 4 is 27.5 Å². The van der Waals surface area contributed by atoms with Crippen LogP contribution in [0.15, 0.2) is 76.8 Å². The summed E-state index contributed by atoms with van der Waals surface area (Å²) in [4.78, 5) is 0. The molecule has 0 saturated carbocycles. The molecule has 3 aromatic rings. The SMILES string of the molecule is C=C(C)/C=C(\C=C(C)C)c1ccc2oc3ccccc3c2c1. The van der Waals surface area contributed by atoms with Gasteiger partial charge >= 0.3 is 0 Å². The fourth-order valence-electron chi connectivity index (χ4n) is 2.69. The zero-order valence-corrected chi connectivity index (χ0v) is 13.3. The van der Waals surface area contributed by atoms with Crippen LogP contribution in [0.5, 0.6) is 0 Å². The lowest BCUT2D eigenvalue weighted by Crippen LogP contribution is -1.83. The van der Waals surface area contributed by atoms with Crippen molar-refractivity contribution in [3.63, 3.8) is 0 Å². The van der Waals surface area contributed by atoms with E-state index in [2.05, 4.69) is 56.8 Å². The highest BCUT2D eigenvalue weighted by molar-refractivity contribution is 6.06. The Bertz CT molecular complexity index is 915. The highest BCUT2D eigenvalue weighted by Crippen LogP contribution is 2.31. The first-order valence-corrected chi connectivity index (χ1v) is 7.48. The van der Waals surface area contributed by atoms with E-state index in [9.17, 15) is 0 Å². The van der Waals surface area contributed by atoms with Gasteiger partial charge in [0, 0.05) is 10.8 Å². The number of fused-ring (bicyclic) bond motifs is 3. The molecule has 3 rings (SSSR count). The van der Waals surface area contributed by atoms with Gasteiger partial charge in [0.05, 0.1) is 0 Å². The van der Waals surface area contributed by atoms with Gasteiger partial charge in [0.15, 0.2) is 0 Å². The van der Waals surface area contributed by atoms with Crippen LogP contribution in [0.1, 0.15) is 26.3 Å². The minimum atomic E-state index is 0.928. The molecule has 0 spiro atoms. The first kappa shape index (κ1) is 14.4. The molecule has 0 aliphatic rings. The molecule has 0 fully saturated rings. The van der Waals surface area contributed by atoms with Gasteiger partial charge in [-0.15, -0.1) is 0 Å². The third-order valence-electron chi connectivity index (χ3n) is 3.56. The summed E-state index contributed by atoms with van der Waals surface area (Å²) in [7, 11) is 0.